The van der Waals surface area contributed by atoms with Gasteiger partial charge >= 0.3 is 5.97 Å². The number of rotatable bonds is 2. The van der Waals surface area contributed by atoms with Crippen molar-refractivity contribution in [1.29, 1.82) is 0 Å². The molecule has 0 aromatic rings. The quantitative estimate of drug-likeness (QED) is 0.805. The Morgan fingerprint density at radius 2 is 1.83 bits per heavy atom. The number of carboxylic acid groups (broad SMARTS) is 1. The number of aliphatic hydroxyl groups excluding tert-OH is 1. The van der Waals surface area contributed by atoms with Crippen molar-refractivity contribution >= 4 is 5.97 Å². The Balaban J connectivity index is 1.71. The lowest BCUT2D eigenvalue weighted by molar-refractivity contribution is -0.181. The van der Waals surface area contributed by atoms with Gasteiger partial charge in [0.05, 0.1) is 5.41 Å². The molecule has 4 fully saturated rings. The molecule has 0 heterocycles. The number of carboxylic acids is 1. The van der Waals surface area contributed by atoms with Gasteiger partial charge in [0.1, 0.15) is 0 Å². The fraction of sp³-hybridized carbons (Fsp3) is 0.950. The van der Waals surface area contributed by atoms with E-state index >= 15 is 0 Å². The number of hydrogen-bond donors (Lipinski definition) is 2. The first-order chi connectivity index (χ1) is 10.9. The Kier molecular flexibility index (Phi) is 3.44. The average molecular weight is 320 g/mol. The van der Waals surface area contributed by atoms with Crippen LogP contribution in [0.1, 0.15) is 71.6 Å². The van der Waals surface area contributed by atoms with Gasteiger partial charge in [0.25, 0.3) is 0 Å². The molecule has 2 bridgehead atoms. The van der Waals surface area contributed by atoms with Gasteiger partial charge in [-0.3, -0.25) is 4.79 Å². The second kappa shape index (κ2) is 4.97. The van der Waals surface area contributed by atoms with E-state index in [0.29, 0.717) is 29.8 Å². The Labute approximate surface area is 139 Å². The second-order valence-electron chi connectivity index (χ2n) is 9.78. The molecular weight excluding hydrogens is 288 g/mol. The van der Waals surface area contributed by atoms with Crippen molar-refractivity contribution in [2.45, 2.75) is 71.6 Å². The Morgan fingerprint density at radius 3 is 2.52 bits per heavy atom. The van der Waals surface area contributed by atoms with Crippen molar-refractivity contribution < 1.29 is 15.0 Å². The second-order valence-corrected chi connectivity index (χ2v) is 9.78. The molecular formula is C20H32O3. The topological polar surface area (TPSA) is 57.5 Å². The summed E-state index contributed by atoms with van der Waals surface area (Å²) in [7, 11) is 0. The molecule has 4 aliphatic carbocycles. The van der Waals surface area contributed by atoms with Crippen LogP contribution in [0.2, 0.25) is 0 Å². The van der Waals surface area contributed by atoms with Gasteiger partial charge in [0.2, 0.25) is 0 Å². The van der Waals surface area contributed by atoms with Gasteiger partial charge in [-0.05, 0) is 92.8 Å². The SMILES string of the molecule is C[C@@]12CCC[C@@](C)(C(=O)O)C1CCC13C[C@H](CO)[C@@H](CCC12)C3. The first-order valence-electron chi connectivity index (χ1n) is 9.70. The van der Waals surface area contributed by atoms with Gasteiger partial charge < -0.3 is 10.2 Å². The highest BCUT2D eigenvalue weighted by Gasteiger charge is 2.65. The number of carbonyl (C=O) groups is 1. The van der Waals surface area contributed by atoms with Crippen LogP contribution in [0.4, 0.5) is 0 Å². The minimum absolute atomic E-state index is 0.193. The Morgan fingerprint density at radius 1 is 1.04 bits per heavy atom. The smallest absolute Gasteiger partial charge is 0.309 e. The Hall–Kier alpha value is -0.570. The molecule has 0 amide bonds. The fourth-order valence-corrected chi connectivity index (χ4v) is 8.06. The van der Waals surface area contributed by atoms with Gasteiger partial charge in [-0.2, -0.15) is 0 Å². The zero-order valence-corrected chi connectivity index (χ0v) is 14.7. The summed E-state index contributed by atoms with van der Waals surface area (Å²) in [6.07, 6.45) is 10.4. The molecule has 3 nitrogen and oxygen atoms in total. The molecule has 0 aromatic heterocycles. The lowest BCUT2D eigenvalue weighted by Crippen LogP contribution is -2.58. The maximum absolute atomic E-state index is 12.1. The molecule has 0 saturated heterocycles. The van der Waals surface area contributed by atoms with Crippen LogP contribution in [0.3, 0.4) is 0 Å². The van der Waals surface area contributed by atoms with Crippen molar-refractivity contribution in [3.8, 4) is 0 Å². The number of aliphatic hydroxyl groups is 1. The van der Waals surface area contributed by atoms with Crippen LogP contribution in [-0.2, 0) is 4.79 Å². The molecule has 0 aliphatic heterocycles. The molecule has 3 unspecified atom stereocenters. The Bertz CT molecular complexity index is 517. The van der Waals surface area contributed by atoms with Crippen LogP contribution in [0.5, 0.6) is 0 Å². The first kappa shape index (κ1) is 15.9. The number of fused-ring (bicyclic) bond motifs is 3. The summed E-state index contributed by atoms with van der Waals surface area (Å²) in [4.78, 5) is 12.1. The van der Waals surface area contributed by atoms with Crippen LogP contribution in [0, 0.1) is 39.9 Å². The number of aliphatic carboxylic acids is 1. The summed E-state index contributed by atoms with van der Waals surface area (Å²) in [6.45, 7) is 4.80. The van der Waals surface area contributed by atoms with Crippen molar-refractivity contribution in [2.75, 3.05) is 6.61 Å². The monoisotopic (exact) mass is 320 g/mol. The van der Waals surface area contributed by atoms with E-state index in [1.54, 1.807) is 0 Å². The van der Waals surface area contributed by atoms with Crippen molar-refractivity contribution in [3.63, 3.8) is 0 Å². The average Bonchev–Trinajstić information content (AvgIpc) is 2.77. The largest absolute Gasteiger partial charge is 0.481 e. The summed E-state index contributed by atoms with van der Waals surface area (Å²) in [5.41, 5.74) is 0.0811. The van der Waals surface area contributed by atoms with Gasteiger partial charge in [-0.15, -0.1) is 0 Å². The van der Waals surface area contributed by atoms with Gasteiger partial charge in [0.15, 0.2) is 0 Å². The molecule has 4 aliphatic rings. The molecule has 0 radical (unpaired) electrons. The minimum atomic E-state index is -0.572. The van der Waals surface area contributed by atoms with Crippen molar-refractivity contribution in [3.05, 3.63) is 0 Å². The zero-order valence-electron chi connectivity index (χ0n) is 14.7. The standard InChI is InChI=1S/C20H32O3/c1-18-7-3-8-19(2,17(22)23)15(18)6-9-20-10-13(4-5-16(18)20)14(11-20)12-21/h13-16,21H,3-12H2,1-2H3,(H,22,23)/t13-,14+,15?,16?,18+,19+,20?/m0/s1. The third kappa shape index (κ3) is 1.95. The maximum atomic E-state index is 12.1. The zero-order chi connectivity index (χ0) is 16.5. The molecule has 23 heavy (non-hydrogen) atoms. The molecule has 4 saturated carbocycles. The highest BCUT2D eigenvalue weighted by molar-refractivity contribution is 5.75. The summed E-state index contributed by atoms with van der Waals surface area (Å²) < 4.78 is 0. The molecule has 1 spiro atoms. The van der Waals surface area contributed by atoms with Gasteiger partial charge in [-0.25, -0.2) is 0 Å². The van der Waals surface area contributed by atoms with E-state index in [2.05, 4.69) is 6.92 Å². The molecule has 130 valence electrons. The predicted octanol–water partition coefficient (Wildman–Crippen LogP) is 4.09. The molecule has 2 N–H and O–H groups in total. The third-order valence-electron chi connectivity index (χ3n) is 9.00. The molecule has 4 rings (SSSR count). The summed E-state index contributed by atoms with van der Waals surface area (Å²) in [5.74, 6) is 1.68. The lowest BCUT2D eigenvalue weighted by atomic mass is 9.41. The van der Waals surface area contributed by atoms with E-state index in [1.165, 1.54) is 38.5 Å². The highest BCUT2D eigenvalue weighted by atomic mass is 16.4. The van der Waals surface area contributed by atoms with Crippen LogP contribution in [0.25, 0.3) is 0 Å². The van der Waals surface area contributed by atoms with E-state index in [0.717, 1.165) is 25.2 Å². The minimum Gasteiger partial charge on any atom is -0.481 e. The fourth-order valence-electron chi connectivity index (χ4n) is 8.06. The molecule has 3 heteroatoms. The molecule has 0 aromatic carbocycles. The van der Waals surface area contributed by atoms with Gasteiger partial charge in [0, 0.05) is 6.61 Å². The van der Waals surface area contributed by atoms with E-state index < -0.39 is 11.4 Å². The summed E-state index contributed by atoms with van der Waals surface area (Å²) >= 11 is 0. The molecule has 7 atom stereocenters. The summed E-state index contributed by atoms with van der Waals surface area (Å²) in [6, 6.07) is 0. The van der Waals surface area contributed by atoms with Crippen molar-refractivity contribution in [1.82, 2.24) is 0 Å². The van der Waals surface area contributed by atoms with Crippen molar-refractivity contribution in [2.24, 2.45) is 39.9 Å². The highest BCUT2D eigenvalue weighted by Crippen LogP contribution is 2.72. The van der Waals surface area contributed by atoms with Crippen LogP contribution >= 0.6 is 0 Å². The maximum Gasteiger partial charge on any atom is 0.309 e. The summed E-state index contributed by atoms with van der Waals surface area (Å²) in [5, 5.41) is 19.7. The normalized spacial score (nSPS) is 55.1. The van der Waals surface area contributed by atoms with Crippen LogP contribution < -0.4 is 0 Å². The lowest BCUT2D eigenvalue weighted by Gasteiger charge is -2.63. The van der Waals surface area contributed by atoms with E-state index in [9.17, 15) is 15.0 Å². The number of hydrogen-bond acceptors (Lipinski definition) is 2. The van der Waals surface area contributed by atoms with E-state index in [4.69, 9.17) is 0 Å². The van der Waals surface area contributed by atoms with Crippen LogP contribution in [-0.4, -0.2) is 22.8 Å². The van der Waals surface area contributed by atoms with Crippen LogP contribution in [0.15, 0.2) is 0 Å². The van der Waals surface area contributed by atoms with E-state index in [1.807, 2.05) is 6.92 Å². The van der Waals surface area contributed by atoms with E-state index in [-0.39, 0.29) is 5.41 Å². The third-order valence-corrected chi connectivity index (χ3v) is 9.00. The van der Waals surface area contributed by atoms with Gasteiger partial charge in [-0.1, -0.05) is 13.3 Å². The first-order valence-corrected chi connectivity index (χ1v) is 9.70. The predicted molar refractivity (Wildman–Crippen MR) is 88.9 cm³/mol.